The molecule has 0 amide bonds. The van der Waals surface area contributed by atoms with Crippen molar-refractivity contribution >= 4 is 11.3 Å². The molecule has 0 bridgehead atoms. The highest BCUT2D eigenvalue weighted by molar-refractivity contribution is 7.12. The molecule has 0 aliphatic rings. The highest BCUT2D eigenvalue weighted by Gasteiger charge is 2.17. The Hall–Kier alpha value is -0.340. The minimum atomic E-state index is 0.230. The molecule has 0 fully saturated rings. The van der Waals surface area contributed by atoms with Gasteiger partial charge < -0.3 is 5.73 Å². The van der Waals surface area contributed by atoms with Crippen LogP contribution in [-0.4, -0.2) is 0 Å². The van der Waals surface area contributed by atoms with Crippen molar-refractivity contribution in [2.45, 2.75) is 46.6 Å². The molecule has 1 nitrogen and oxygen atoms in total. The van der Waals surface area contributed by atoms with E-state index in [-0.39, 0.29) is 6.04 Å². The molecule has 80 valence electrons. The molecule has 0 aliphatic heterocycles. The number of hydrogen-bond donors (Lipinski definition) is 1. The van der Waals surface area contributed by atoms with E-state index in [0.717, 1.165) is 0 Å². The molecule has 0 radical (unpaired) electrons. The van der Waals surface area contributed by atoms with Crippen LogP contribution in [0.4, 0.5) is 0 Å². The lowest BCUT2D eigenvalue weighted by atomic mass is 9.95. The Morgan fingerprint density at radius 2 is 2.07 bits per heavy atom. The summed E-state index contributed by atoms with van der Waals surface area (Å²) in [7, 11) is 0. The number of aryl methyl sites for hydroxylation is 2. The van der Waals surface area contributed by atoms with Crippen LogP contribution in [0, 0.1) is 19.8 Å². The van der Waals surface area contributed by atoms with Crippen LogP contribution < -0.4 is 5.73 Å². The minimum absolute atomic E-state index is 0.230. The molecule has 0 spiro atoms. The van der Waals surface area contributed by atoms with Crippen LogP contribution in [0.15, 0.2) is 6.07 Å². The Bertz CT molecular complexity index is 291. The number of rotatable bonds is 4. The van der Waals surface area contributed by atoms with Gasteiger partial charge in [-0.3, -0.25) is 0 Å². The molecule has 0 aliphatic carbocycles. The molecular formula is C12H21NS. The zero-order chi connectivity index (χ0) is 10.7. The van der Waals surface area contributed by atoms with E-state index in [0.29, 0.717) is 5.92 Å². The number of nitrogens with two attached hydrogens (primary N) is 1. The van der Waals surface area contributed by atoms with Crippen LogP contribution in [0.25, 0.3) is 0 Å². The van der Waals surface area contributed by atoms with Gasteiger partial charge in [-0.05, 0) is 37.8 Å². The van der Waals surface area contributed by atoms with Crippen molar-refractivity contribution in [3.63, 3.8) is 0 Å². The van der Waals surface area contributed by atoms with E-state index in [1.165, 1.54) is 28.2 Å². The third kappa shape index (κ3) is 2.58. The first kappa shape index (κ1) is 11.7. The predicted octanol–water partition coefficient (Wildman–Crippen LogP) is 3.80. The quantitative estimate of drug-likeness (QED) is 0.805. The topological polar surface area (TPSA) is 26.0 Å². The molecule has 1 heterocycles. The van der Waals surface area contributed by atoms with Crippen LogP contribution >= 0.6 is 11.3 Å². The third-order valence-corrected chi connectivity index (χ3v) is 3.99. The van der Waals surface area contributed by atoms with Crippen LogP contribution in [0.5, 0.6) is 0 Å². The van der Waals surface area contributed by atoms with Gasteiger partial charge >= 0.3 is 0 Å². The van der Waals surface area contributed by atoms with Crippen molar-refractivity contribution in [3.05, 3.63) is 21.4 Å². The molecule has 0 saturated heterocycles. The van der Waals surface area contributed by atoms with Gasteiger partial charge in [0, 0.05) is 15.8 Å². The zero-order valence-electron chi connectivity index (χ0n) is 9.63. The van der Waals surface area contributed by atoms with E-state index in [1.807, 2.05) is 11.3 Å². The second-order valence-corrected chi connectivity index (χ2v) is 5.48. The van der Waals surface area contributed by atoms with E-state index < -0.39 is 0 Å². The molecule has 1 aromatic rings. The molecule has 2 atom stereocenters. The van der Waals surface area contributed by atoms with Crippen molar-refractivity contribution < 1.29 is 0 Å². The van der Waals surface area contributed by atoms with E-state index in [4.69, 9.17) is 5.73 Å². The Balaban J connectivity index is 2.77. The van der Waals surface area contributed by atoms with Gasteiger partial charge in [0.2, 0.25) is 0 Å². The van der Waals surface area contributed by atoms with Crippen LogP contribution in [-0.2, 0) is 0 Å². The van der Waals surface area contributed by atoms with E-state index >= 15 is 0 Å². The SMILES string of the molecule is CCCC(C)C(N)c1sc(C)cc1C. The summed E-state index contributed by atoms with van der Waals surface area (Å²) in [5.41, 5.74) is 7.61. The average molecular weight is 211 g/mol. The highest BCUT2D eigenvalue weighted by Crippen LogP contribution is 2.31. The maximum Gasteiger partial charge on any atom is 0.0418 e. The van der Waals surface area contributed by atoms with Crippen molar-refractivity contribution in [3.8, 4) is 0 Å². The van der Waals surface area contributed by atoms with Gasteiger partial charge in [0.05, 0.1) is 0 Å². The largest absolute Gasteiger partial charge is 0.323 e. The van der Waals surface area contributed by atoms with Crippen LogP contribution in [0.3, 0.4) is 0 Å². The molecular weight excluding hydrogens is 190 g/mol. The summed E-state index contributed by atoms with van der Waals surface area (Å²) < 4.78 is 0. The average Bonchev–Trinajstić information content (AvgIpc) is 2.44. The molecule has 14 heavy (non-hydrogen) atoms. The molecule has 1 aromatic heterocycles. The molecule has 2 heteroatoms. The second kappa shape index (κ2) is 4.94. The maximum absolute atomic E-state index is 6.25. The first-order valence-electron chi connectivity index (χ1n) is 5.38. The van der Waals surface area contributed by atoms with Crippen molar-refractivity contribution in [2.75, 3.05) is 0 Å². The fourth-order valence-electron chi connectivity index (χ4n) is 1.88. The van der Waals surface area contributed by atoms with Crippen molar-refractivity contribution in [1.29, 1.82) is 0 Å². The summed E-state index contributed by atoms with van der Waals surface area (Å²) in [6.07, 6.45) is 2.44. The monoisotopic (exact) mass is 211 g/mol. The normalized spacial score (nSPS) is 15.5. The number of hydrogen-bond acceptors (Lipinski definition) is 2. The van der Waals surface area contributed by atoms with Gasteiger partial charge in [-0.1, -0.05) is 20.3 Å². The maximum atomic E-state index is 6.25. The Morgan fingerprint density at radius 3 is 2.50 bits per heavy atom. The summed E-state index contributed by atoms with van der Waals surface area (Å²) in [6, 6.07) is 2.46. The molecule has 0 saturated carbocycles. The van der Waals surface area contributed by atoms with E-state index in [2.05, 4.69) is 33.8 Å². The van der Waals surface area contributed by atoms with E-state index in [1.54, 1.807) is 0 Å². The third-order valence-electron chi connectivity index (χ3n) is 2.74. The van der Waals surface area contributed by atoms with E-state index in [9.17, 15) is 0 Å². The first-order chi connectivity index (χ1) is 6.56. The Morgan fingerprint density at radius 1 is 1.43 bits per heavy atom. The van der Waals surface area contributed by atoms with Crippen molar-refractivity contribution in [1.82, 2.24) is 0 Å². The predicted molar refractivity (Wildman–Crippen MR) is 64.8 cm³/mol. The standard InChI is InChI=1S/C12H21NS/c1-5-6-8(2)11(13)12-9(3)7-10(4)14-12/h7-8,11H,5-6,13H2,1-4H3. The molecule has 0 aromatic carbocycles. The fourth-order valence-corrected chi connectivity index (χ4v) is 3.05. The van der Waals surface area contributed by atoms with Crippen molar-refractivity contribution in [2.24, 2.45) is 11.7 Å². The lowest BCUT2D eigenvalue weighted by Gasteiger charge is -2.18. The molecule has 1 rings (SSSR count). The molecule has 2 N–H and O–H groups in total. The lowest BCUT2D eigenvalue weighted by Crippen LogP contribution is -2.18. The second-order valence-electron chi connectivity index (χ2n) is 4.20. The lowest BCUT2D eigenvalue weighted by molar-refractivity contribution is 0.437. The summed E-state index contributed by atoms with van der Waals surface area (Å²) in [4.78, 5) is 2.75. The highest BCUT2D eigenvalue weighted by atomic mass is 32.1. The van der Waals surface area contributed by atoms with Crippen LogP contribution in [0.2, 0.25) is 0 Å². The summed E-state index contributed by atoms with van der Waals surface area (Å²) in [5, 5.41) is 0. The molecule has 2 unspecified atom stereocenters. The Labute approximate surface area is 91.3 Å². The first-order valence-corrected chi connectivity index (χ1v) is 6.20. The van der Waals surface area contributed by atoms with Gasteiger partial charge in [-0.15, -0.1) is 11.3 Å². The summed E-state index contributed by atoms with van der Waals surface area (Å²) >= 11 is 1.85. The smallest absolute Gasteiger partial charge is 0.0418 e. The summed E-state index contributed by atoms with van der Waals surface area (Å²) in [5.74, 6) is 0.594. The Kier molecular flexibility index (Phi) is 4.14. The summed E-state index contributed by atoms with van der Waals surface area (Å²) in [6.45, 7) is 8.79. The number of thiophene rings is 1. The van der Waals surface area contributed by atoms with Gasteiger partial charge in [-0.2, -0.15) is 0 Å². The zero-order valence-corrected chi connectivity index (χ0v) is 10.4. The fraction of sp³-hybridized carbons (Fsp3) is 0.667. The van der Waals surface area contributed by atoms with Gasteiger partial charge in [0.25, 0.3) is 0 Å². The van der Waals surface area contributed by atoms with Crippen LogP contribution in [0.1, 0.15) is 48.0 Å². The van der Waals surface area contributed by atoms with Gasteiger partial charge in [0.1, 0.15) is 0 Å². The minimum Gasteiger partial charge on any atom is -0.323 e. The van der Waals surface area contributed by atoms with Gasteiger partial charge in [0.15, 0.2) is 0 Å². The van der Waals surface area contributed by atoms with Gasteiger partial charge in [-0.25, -0.2) is 0 Å².